The lowest BCUT2D eigenvalue weighted by Crippen LogP contribution is -2.05. The van der Waals surface area contributed by atoms with Gasteiger partial charge in [-0.15, -0.1) is 11.8 Å². The van der Waals surface area contributed by atoms with Crippen LogP contribution >= 0.6 is 23.4 Å². The zero-order chi connectivity index (χ0) is 10.6. The highest BCUT2D eigenvalue weighted by Crippen LogP contribution is 2.24. The van der Waals surface area contributed by atoms with E-state index in [1.165, 1.54) is 7.11 Å². The Hall–Kier alpha value is -0.670. The van der Waals surface area contributed by atoms with Gasteiger partial charge in [-0.25, -0.2) is 0 Å². The standard InChI is InChI=1S/C10H11ClO2S/c1-13-10(12)6-7-5-8(11)3-4-9(7)14-2/h3-5H,6H2,1-2H3. The third-order valence-corrected chi connectivity index (χ3v) is 2.88. The average Bonchev–Trinajstić information content (AvgIpc) is 2.18. The van der Waals surface area contributed by atoms with Crippen LogP contribution in [0.5, 0.6) is 0 Å². The summed E-state index contributed by atoms with van der Waals surface area (Å²) in [4.78, 5) is 12.1. The molecule has 0 amide bonds. The van der Waals surface area contributed by atoms with Gasteiger partial charge >= 0.3 is 5.97 Å². The molecule has 1 rings (SSSR count). The fraction of sp³-hybridized carbons (Fsp3) is 0.300. The maximum atomic E-state index is 11.1. The molecule has 0 spiro atoms. The van der Waals surface area contributed by atoms with Gasteiger partial charge in [-0.05, 0) is 30.0 Å². The van der Waals surface area contributed by atoms with Crippen LogP contribution in [0.1, 0.15) is 5.56 Å². The highest BCUT2D eigenvalue weighted by molar-refractivity contribution is 7.98. The first kappa shape index (κ1) is 11.4. The van der Waals surface area contributed by atoms with E-state index < -0.39 is 0 Å². The van der Waals surface area contributed by atoms with Crippen LogP contribution in [0.3, 0.4) is 0 Å². The summed E-state index contributed by atoms with van der Waals surface area (Å²) in [6, 6.07) is 5.52. The van der Waals surface area contributed by atoms with E-state index in [1.807, 2.05) is 18.4 Å². The van der Waals surface area contributed by atoms with Gasteiger partial charge in [0.15, 0.2) is 0 Å². The molecule has 14 heavy (non-hydrogen) atoms. The predicted octanol–water partition coefficient (Wildman–Crippen LogP) is 2.78. The Balaban J connectivity index is 2.93. The molecule has 0 N–H and O–H groups in total. The first-order valence-electron chi connectivity index (χ1n) is 4.06. The van der Waals surface area contributed by atoms with Crippen LogP contribution in [-0.2, 0) is 16.0 Å². The molecule has 0 aromatic heterocycles. The summed E-state index contributed by atoms with van der Waals surface area (Å²) in [5.41, 5.74) is 0.914. The third kappa shape index (κ3) is 2.93. The number of carbonyl (C=O) groups excluding carboxylic acids is 1. The zero-order valence-corrected chi connectivity index (χ0v) is 9.61. The van der Waals surface area contributed by atoms with Crippen molar-refractivity contribution in [1.82, 2.24) is 0 Å². The SMILES string of the molecule is COC(=O)Cc1cc(Cl)ccc1SC. The van der Waals surface area contributed by atoms with E-state index in [-0.39, 0.29) is 12.4 Å². The molecule has 4 heteroatoms. The highest BCUT2D eigenvalue weighted by Gasteiger charge is 2.08. The molecule has 0 unspecified atom stereocenters. The van der Waals surface area contributed by atoms with E-state index in [4.69, 9.17) is 11.6 Å². The lowest BCUT2D eigenvalue weighted by atomic mass is 10.1. The molecule has 0 aliphatic heterocycles. The smallest absolute Gasteiger partial charge is 0.310 e. The largest absolute Gasteiger partial charge is 0.469 e. The van der Waals surface area contributed by atoms with Crippen molar-refractivity contribution in [1.29, 1.82) is 0 Å². The number of methoxy groups -OCH3 is 1. The second-order valence-electron chi connectivity index (χ2n) is 2.71. The summed E-state index contributed by atoms with van der Waals surface area (Å²) in [5, 5.41) is 0.640. The Kier molecular flexibility index (Phi) is 4.29. The average molecular weight is 231 g/mol. The monoisotopic (exact) mass is 230 g/mol. The minimum absolute atomic E-state index is 0.248. The molecule has 0 atom stereocenters. The second-order valence-corrected chi connectivity index (χ2v) is 3.99. The van der Waals surface area contributed by atoms with Crippen LogP contribution in [0.15, 0.2) is 23.1 Å². The number of rotatable bonds is 3. The number of hydrogen-bond acceptors (Lipinski definition) is 3. The Labute approximate surface area is 92.6 Å². The summed E-state index contributed by atoms with van der Waals surface area (Å²) in [7, 11) is 1.38. The van der Waals surface area contributed by atoms with Crippen molar-refractivity contribution >= 4 is 29.3 Å². The van der Waals surface area contributed by atoms with Gasteiger partial charge in [-0.2, -0.15) is 0 Å². The van der Waals surface area contributed by atoms with Crippen molar-refractivity contribution in [3.63, 3.8) is 0 Å². The Bertz CT molecular complexity index is 339. The highest BCUT2D eigenvalue weighted by atomic mass is 35.5. The van der Waals surface area contributed by atoms with Crippen LogP contribution in [0.25, 0.3) is 0 Å². The fourth-order valence-corrected chi connectivity index (χ4v) is 1.91. The van der Waals surface area contributed by atoms with E-state index in [0.717, 1.165) is 10.5 Å². The van der Waals surface area contributed by atoms with Crippen molar-refractivity contribution in [3.8, 4) is 0 Å². The second kappa shape index (κ2) is 5.27. The zero-order valence-electron chi connectivity index (χ0n) is 8.04. The molecule has 76 valence electrons. The number of carbonyl (C=O) groups is 1. The Morgan fingerprint density at radius 3 is 2.86 bits per heavy atom. The first-order chi connectivity index (χ1) is 6.67. The van der Waals surface area contributed by atoms with E-state index in [0.29, 0.717) is 5.02 Å². The Morgan fingerprint density at radius 2 is 2.29 bits per heavy atom. The minimum Gasteiger partial charge on any atom is -0.469 e. The van der Waals surface area contributed by atoms with Crippen LogP contribution in [0.2, 0.25) is 5.02 Å². The van der Waals surface area contributed by atoms with Crippen molar-refractivity contribution in [3.05, 3.63) is 28.8 Å². The van der Waals surface area contributed by atoms with Gasteiger partial charge in [0.1, 0.15) is 0 Å². The summed E-state index contributed by atoms with van der Waals surface area (Å²) < 4.78 is 4.60. The van der Waals surface area contributed by atoms with Crippen molar-refractivity contribution in [2.24, 2.45) is 0 Å². The molecule has 0 aliphatic carbocycles. The molecule has 0 aliphatic rings. The Morgan fingerprint density at radius 1 is 1.57 bits per heavy atom. The van der Waals surface area contributed by atoms with Gasteiger partial charge in [0.2, 0.25) is 0 Å². The molecule has 0 bridgehead atoms. The van der Waals surface area contributed by atoms with Crippen molar-refractivity contribution < 1.29 is 9.53 Å². The molecular weight excluding hydrogens is 220 g/mol. The summed E-state index contributed by atoms with van der Waals surface area (Å²) in [6.07, 6.45) is 2.23. The fourth-order valence-electron chi connectivity index (χ4n) is 1.11. The number of thioether (sulfide) groups is 1. The van der Waals surface area contributed by atoms with Gasteiger partial charge in [0.05, 0.1) is 13.5 Å². The molecule has 1 aromatic carbocycles. The summed E-state index contributed by atoms with van der Waals surface area (Å²) in [5.74, 6) is -0.248. The lowest BCUT2D eigenvalue weighted by Gasteiger charge is -2.06. The van der Waals surface area contributed by atoms with Crippen LogP contribution < -0.4 is 0 Å². The molecule has 0 saturated heterocycles. The minimum atomic E-state index is -0.248. The van der Waals surface area contributed by atoms with Crippen LogP contribution in [-0.4, -0.2) is 19.3 Å². The molecular formula is C10H11ClO2S. The number of hydrogen-bond donors (Lipinski definition) is 0. The summed E-state index contributed by atoms with van der Waals surface area (Å²) >= 11 is 7.43. The molecule has 0 saturated carbocycles. The van der Waals surface area contributed by atoms with Gasteiger partial charge < -0.3 is 4.74 Å². The lowest BCUT2D eigenvalue weighted by molar-refractivity contribution is -0.139. The van der Waals surface area contributed by atoms with Gasteiger partial charge in [0.25, 0.3) is 0 Å². The number of esters is 1. The topological polar surface area (TPSA) is 26.3 Å². The predicted molar refractivity (Wildman–Crippen MR) is 59.0 cm³/mol. The third-order valence-electron chi connectivity index (χ3n) is 1.80. The maximum absolute atomic E-state index is 11.1. The number of halogens is 1. The van der Waals surface area contributed by atoms with E-state index in [1.54, 1.807) is 17.8 Å². The first-order valence-corrected chi connectivity index (χ1v) is 5.67. The van der Waals surface area contributed by atoms with Crippen LogP contribution in [0, 0.1) is 0 Å². The molecule has 0 radical (unpaired) electrons. The molecule has 1 aromatic rings. The molecule has 0 heterocycles. The molecule has 2 nitrogen and oxygen atoms in total. The quantitative estimate of drug-likeness (QED) is 0.590. The number of ether oxygens (including phenoxy) is 1. The van der Waals surface area contributed by atoms with Gasteiger partial charge in [-0.3, -0.25) is 4.79 Å². The normalized spacial score (nSPS) is 9.93. The van der Waals surface area contributed by atoms with E-state index in [2.05, 4.69) is 4.74 Å². The maximum Gasteiger partial charge on any atom is 0.310 e. The van der Waals surface area contributed by atoms with Gasteiger partial charge in [-0.1, -0.05) is 11.6 Å². The molecule has 0 fully saturated rings. The number of benzene rings is 1. The van der Waals surface area contributed by atoms with E-state index >= 15 is 0 Å². The van der Waals surface area contributed by atoms with Gasteiger partial charge in [0, 0.05) is 9.92 Å². The van der Waals surface area contributed by atoms with E-state index in [9.17, 15) is 4.79 Å². The van der Waals surface area contributed by atoms with Crippen LogP contribution in [0.4, 0.5) is 0 Å². The van der Waals surface area contributed by atoms with Crippen molar-refractivity contribution in [2.45, 2.75) is 11.3 Å². The van der Waals surface area contributed by atoms with Crippen molar-refractivity contribution in [2.75, 3.05) is 13.4 Å². The summed E-state index contributed by atoms with van der Waals surface area (Å²) in [6.45, 7) is 0.